The van der Waals surface area contributed by atoms with Crippen LogP contribution in [0.15, 0.2) is 30.3 Å². The highest BCUT2D eigenvalue weighted by Crippen LogP contribution is 2.26. The lowest BCUT2D eigenvalue weighted by Gasteiger charge is -2.36. The van der Waals surface area contributed by atoms with Crippen LogP contribution in [0.5, 0.6) is 0 Å². The zero-order valence-electron chi connectivity index (χ0n) is 12.9. The fourth-order valence-corrected chi connectivity index (χ4v) is 2.77. The Labute approximate surface area is 133 Å². The van der Waals surface area contributed by atoms with Gasteiger partial charge in [-0.25, -0.2) is 4.98 Å². The van der Waals surface area contributed by atoms with Gasteiger partial charge in [-0.2, -0.15) is 0 Å². The van der Waals surface area contributed by atoms with Crippen LogP contribution < -0.4 is 5.32 Å². The largest absolute Gasteiger partial charge is 0.381 e. The van der Waals surface area contributed by atoms with Gasteiger partial charge in [-0.15, -0.1) is 0 Å². The maximum absolute atomic E-state index is 10.8. The Hall–Kier alpha value is -2.25. The Morgan fingerprint density at radius 1 is 1.35 bits per heavy atom. The van der Waals surface area contributed by atoms with Crippen LogP contribution >= 0.6 is 0 Å². The van der Waals surface area contributed by atoms with Crippen molar-refractivity contribution in [2.45, 2.75) is 18.4 Å². The molecule has 2 aromatic rings. The van der Waals surface area contributed by atoms with Crippen LogP contribution in [0, 0.1) is 10.1 Å². The molecule has 1 aromatic heterocycles. The molecule has 2 heterocycles. The first-order valence-electron chi connectivity index (χ1n) is 7.54. The number of benzene rings is 1. The zero-order valence-corrected chi connectivity index (χ0v) is 12.9. The molecule has 1 fully saturated rings. The minimum Gasteiger partial charge on any atom is -0.381 e. The van der Waals surface area contributed by atoms with E-state index in [4.69, 9.17) is 9.47 Å². The summed E-state index contributed by atoms with van der Waals surface area (Å²) < 4.78 is 11.1. The highest BCUT2D eigenvalue weighted by Gasteiger charge is 2.32. The molecule has 23 heavy (non-hydrogen) atoms. The number of pyridine rings is 1. The number of hydrogen-bond donors (Lipinski definition) is 1. The maximum atomic E-state index is 10.8. The summed E-state index contributed by atoms with van der Waals surface area (Å²) in [6.07, 6.45) is 1.69. The molecule has 7 heteroatoms. The molecule has 0 aliphatic carbocycles. The van der Waals surface area contributed by atoms with Gasteiger partial charge in [-0.1, -0.05) is 0 Å². The van der Waals surface area contributed by atoms with Gasteiger partial charge < -0.3 is 14.8 Å². The molecule has 0 amide bonds. The molecule has 3 rings (SSSR count). The molecule has 1 aromatic carbocycles. The van der Waals surface area contributed by atoms with Gasteiger partial charge in [0.05, 0.1) is 16.0 Å². The number of anilines is 1. The van der Waals surface area contributed by atoms with Crippen LogP contribution in [0.1, 0.15) is 12.8 Å². The second-order valence-corrected chi connectivity index (χ2v) is 5.68. The second kappa shape index (κ2) is 6.47. The minimum atomic E-state index is -0.404. The minimum absolute atomic E-state index is 0.0700. The Bertz CT molecular complexity index is 714. The second-order valence-electron chi connectivity index (χ2n) is 5.68. The Kier molecular flexibility index (Phi) is 4.40. The molecule has 0 atom stereocenters. The van der Waals surface area contributed by atoms with Crippen LogP contribution in [0.2, 0.25) is 0 Å². The summed E-state index contributed by atoms with van der Waals surface area (Å²) in [6.45, 7) is 2.05. The van der Waals surface area contributed by atoms with Crippen molar-refractivity contribution in [3.05, 3.63) is 40.4 Å². The van der Waals surface area contributed by atoms with Gasteiger partial charge in [0.15, 0.2) is 0 Å². The first-order valence-corrected chi connectivity index (χ1v) is 7.54. The number of fused-ring (bicyclic) bond motifs is 1. The summed E-state index contributed by atoms with van der Waals surface area (Å²) in [5, 5.41) is 14.9. The SMILES string of the molecule is COC1(CNc2ccc3cc([N+](=O)[O-])ccc3n2)CCOCC1. The van der Waals surface area contributed by atoms with Gasteiger partial charge in [0, 0.05) is 57.2 Å². The highest BCUT2D eigenvalue weighted by molar-refractivity contribution is 5.82. The maximum Gasteiger partial charge on any atom is 0.270 e. The molecule has 1 aliphatic rings. The number of nitro groups is 1. The van der Waals surface area contributed by atoms with Gasteiger partial charge in [-0.05, 0) is 18.2 Å². The molecule has 122 valence electrons. The quantitative estimate of drug-likeness (QED) is 0.674. The van der Waals surface area contributed by atoms with Crippen LogP contribution in [-0.2, 0) is 9.47 Å². The van der Waals surface area contributed by atoms with E-state index >= 15 is 0 Å². The van der Waals surface area contributed by atoms with Crippen molar-refractivity contribution in [3.63, 3.8) is 0 Å². The fraction of sp³-hybridized carbons (Fsp3) is 0.438. The predicted octanol–water partition coefficient (Wildman–Crippen LogP) is 2.75. The normalized spacial score (nSPS) is 17.1. The molecule has 0 bridgehead atoms. The van der Waals surface area contributed by atoms with Crippen molar-refractivity contribution in [2.24, 2.45) is 0 Å². The van der Waals surface area contributed by atoms with Crippen molar-refractivity contribution in [2.75, 3.05) is 32.2 Å². The number of ether oxygens (including phenoxy) is 2. The monoisotopic (exact) mass is 317 g/mol. The number of non-ortho nitro benzene ring substituents is 1. The average molecular weight is 317 g/mol. The van der Waals surface area contributed by atoms with Crippen LogP contribution in [0.25, 0.3) is 10.9 Å². The predicted molar refractivity (Wildman–Crippen MR) is 86.7 cm³/mol. The summed E-state index contributed by atoms with van der Waals surface area (Å²) in [5.41, 5.74) is 0.560. The van der Waals surface area contributed by atoms with Crippen LogP contribution in [0.4, 0.5) is 11.5 Å². The van der Waals surface area contributed by atoms with Gasteiger partial charge in [0.2, 0.25) is 0 Å². The van der Waals surface area contributed by atoms with Crippen molar-refractivity contribution >= 4 is 22.4 Å². The molecule has 0 saturated carbocycles. The van der Waals surface area contributed by atoms with Gasteiger partial charge in [0.1, 0.15) is 5.82 Å². The van der Waals surface area contributed by atoms with E-state index in [0.29, 0.717) is 19.8 Å². The molecule has 7 nitrogen and oxygen atoms in total. The molecular weight excluding hydrogens is 298 g/mol. The van der Waals surface area contributed by atoms with E-state index in [1.807, 2.05) is 12.1 Å². The van der Waals surface area contributed by atoms with Crippen molar-refractivity contribution in [3.8, 4) is 0 Å². The third kappa shape index (κ3) is 3.40. The lowest BCUT2D eigenvalue weighted by Crippen LogP contribution is -2.44. The van der Waals surface area contributed by atoms with E-state index in [-0.39, 0.29) is 11.3 Å². The number of methoxy groups -OCH3 is 1. The van der Waals surface area contributed by atoms with E-state index in [1.54, 1.807) is 13.2 Å². The number of aromatic nitrogens is 1. The summed E-state index contributed by atoms with van der Waals surface area (Å²) in [6, 6.07) is 8.32. The Morgan fingerprint density at radius 2 is 2.13 bits per heavy atom. The Morgan fingerprint density at radius 3 is 2.83 bits per heavy atom. The zero-order chi connectivity index (χ0) is 16.3. The van der Waals surface area contributed by atoms with Gasteiger partial charge in [-0.3, -0.25) is 10.1 Å². The molecule has 1 aliphatic heterocycles. The Balaban J connectivity index is 1.75. The number of nitrogens with one attached hydrogen (secondary N) is 1. The summed E-state index contributed by atoms with van der Waals surface area (Å²) in [4.78, 5) is 14.9. The third-order valence-corrected chi connectivity index (χ3v) is 4.31. The first kappa shape index (κ1) is 15.6. The number of rotatable bonds is 5. The number of nitrogens with zero attached hydrogens (tertiary/aromatic N) is 2. The molecule has 0 unspecified atom stereocenters. The summed E-state index contributed by atoms with van der Waals surface area (Å²) >= 11 is 0. The topological polar surface area (TPSA) is 86.5 Å². The van der Waals surface area contributed by atoms with E-state index in [2.05, 4.69) is 10.3 Å². The van der Waals surface area contributed by atoms with Crippen molar-refractivity contribution in [1.29, 1.82) is 0 Å². The third-order valence-electron chi connectivity index (χ3n) is 4.31. The lowest BCUT2D eigenvalue weighted by molar-refractivity contribution is -0.384. The van der Waals surface area contributed by atoms with Gasteiger partial charge >= 0.3 is 0 Å². The van der Waals surface area contributed by atoms with Crippen molar-refractivity contribution < 1.29 is 14.4 Å². The summed E-state index contributed by atoms with van der Waals surface area (Å²) in [7, 11) is 1.72. The van der Waals surface area contributed by atoms with E-state index in [0.717, 1.165) is 29.6 Å². The van der Waals surface area contributed by atoms with Gasteiger partial charge in [0.25, 0.3) is 5.69 Å². The molecule has 0 spiro atoms. The first-order chi connectivity index (χ1) is 11.1. The van der Waals surface area contributed by atoms with Crippen LogP contribution in [-0.4, -0.2) is 42.4 Å². The van der Waals surface area contributed by atoms with E-state index < -0.39 is 4.92 Å². The lowest BCUT2D eigenvalue weighted by atomic mass is 9.94. The molecule has 0 radical (unpaired) electrons. The van der Waals surface area contributed by atoms with Crippen molar-refractivity contribution in [1.82, 2.24) is 4.98 Å². The van der Waals surface area contributed by atoms with Crippen LogP contribution in [0.3, 0.4) is 0 Å². The highest BCUT2D eigenvalue weighted by atomic mass is 16.6. The van der Waals surface area contributed by atoms with E-state index in [1.165, 1.54) is 12.1 Å². The fourth-order valence-electron chi connectivity index (χ4n) is 2.77. The molecular formula is C16H19N3O4. The number of nitro benzene ring substituents is 1. The smallest absolute Gasteiger partial charge is 0.270 e. The molecule has 1 N–H and O–H groups in total. The summed E-state index contributed by atoms with van der Waals surface area (Å²) in [5.74, 6) is 0.731. The van der Waals surface area contributed by atoms with E-state index in [9.17, 15) is 10.1 Å². The molecule has 1 saturated heterocycles. The average Bonchev–Trinajstić information content (AvgIpc) is 2.60. The number of hydrogen-bond acceptors (Lipinski definition) is 6. The standard InChI is InChI=1S/C16H19N3O4/c1-22-16(6-8-23-9-7-16)11-17-15-5-2-12-10-13(19(20)21)3-4-14(12)18-15/h2-5,10H,6-9,11H2,1H3,(H,17,18).